The Morgan fingerprint density at radius 2 is 1.81 bits per heavy atom. The van der Waals surface area contributed by atoms with Gasteiger partial charge in [0.2, 0.25) is 5.95 Å². The van der Waals surface area contributed by atoms with Gasteiger partial charge in [0.05, 0.1) is 5.56 Å². The first-order chi connectivity index (χ1) is 17.2. The molecular formula is C28H35Cl2N5O. The van der Waals surface area contributed by atoms with Crippen LogP contribution in [0.4, 0.5) is 17.5 Å². The van der Waals surface area contributed by atoms with E-state index in [2.05, 4.69) is 45.7 Å². The van der Waals surface area contributed by atoms with Crippen LogP contribution in [0.2, 0.25) is 10.0 Å². The molecule has 0 radical (unpaired) electrons. The van der Waals surface area contributed by atoms with Crippen LogP contribution < -0.4 is 15.5 Å². The van der Waals surface area contributed by atoms with Gasteiger partial charge in [-0.2, -0.15) is 4.98 Å². The van der Waals surface area contributed by atoms with E-state index in [1.807, 2.05) is 44.0 Å². The maximum atomic E-state index is 11.9. The van der Waals surface area contributed by atoms with Crippen LogP contribution in [0.5, 0.6) is 0 Å². The van der Waals surface area contributed by atoms with Crippen LogP contribution in [0.1, 0.15) is 59.7 Å². The standard InChI is InChI=1S/C21H29N5O.C7H6Cl2/c1-5-26(4)20-19(15(3)27)13-23-21(25-20)24-17-6-7-18(14(2)12-17)16-8-10-22-11-9-16;1-5-6(8)3-2-4-7(5)9/h6-7,12-13,16,22H,5,8-11H2,1-4H3,(H,23,24,25);2-4H,1H3. The molecule has 1 saturated heterocycles. The first kappa shape index (κ1) is 27.9. The lowest BCUT2D eigenvalue weighted by molar-refractivity contribution is 0.101. The molecule has 3 aromatic rings. The molecule has 0 atom stereocenters. The van der Waals surface area contributed by atoms with Crippen LogP contribution in [-0.4, -0.2) is 42.4 Å². The molecule has 1 fully saturated rings. The Bertz CT molecular complexity index is 1170. The third-order valence-corrected chi connectivity index (χ3v) is 7.31. The van der Waals surface area contributed by atoms with E-state index < -0.39 is 0 Å². The first-order valence-electron chi connectivity index (χ1n) is 12.3. The van der Waals surface area contributed by atoms with Crippen molar-refractivity contribution in [3.05, 3.63) is 74.9 Å². The molecule has 6 nitrogen and oxygen atoms in total. The van der Waals surface area contributed by atoms with Gasteiger partial charge in [0, 0.05) is 35.5 Å². The summed E-state index contributed by atoms with van der Waals surface area (Å²) in [5.41, 5.74) is 5.17. The molecule has 2 aromatic carbocycles. The van der Waals surface area contributed by atoms with E-state index in [0.29, 0.717) is 23.2 Å². The van der Waals surface area contributed by atoms with Gasteiger partial charge in [0.25, 0.3) is 0 Å². The smallest absolute Gasteiger partial charge is 0.229 e. The van der Waals surface area contributed by atoms with Crippen LogP contribution in [0, 0.1) is 13.8 Å². The average Bonchev–Trinajstić information content (AvgIpc) is 2.87. The van der Waals surface area contributed by atoms with Gasteiger partial charge >= 0.3 is 0 Å². The number of carbonyl (C=O) groups excluding carboxylic acids is 1. The monoisotopic (exact) mass is 527 g/mol. The largest absolute Gasteiger partial charge is 0.359 e. The van der Waals surface area contributed by atoms with Crippen molar-refractivity contribution in [2.45, 2.75) is 46.5 Å². The highest BCUT2D eigenvalue weighted by molar-refractivity contribution is 6.35. The Kier molecular flexibility index (Phi) is 10.1. The Morgan fingerprint density at radius 1 is 1.14 bits per heavy atom. The quantitative estimate of drug-likeness (QED) is 0.337. The number of piperidine rings is 1. The molecule has 1 aliphatic heterocycles. The summed E-state index contributed by atoms with van der Waals surface area (Å²) in [6.07, 6.45) is 3.99. The number of rotatable bonds is 6. The Labute approximate surface area is 224 Å². The number of anilines is 3. The van der Waals surface area contributed by atoms with E-state index in [9.17, 15) is 4.79 Å². The van der Waals surface area contributed by atoms with E-state index in [0.717, 1.165) is 40.9 Å². The maximum absolute atomic E-state index is 11.9. The topological polar surface area (TPSA) is 70.2 Å². The lowest BCUT2D eigenvalue weighted by atomic mass is 9.87. The van der Waals surface area contributed by atoms with Gasteiger partial charge in [0.15, 0.2) is 5.78 Å². The molecule has 2 heterocycles. The number of nitrogens with zero attached hydrogens (tertiary/aromatic N) is 3. The summed E-state index contributed by atoms with van der Waals surface area (Å²) in [6, 6.07) is 11.9. The predicted octanol–water partition coefficient (Wildman–Crippen LogP) is 6.96. The van der Waals surface area contributed by atoms with Crippen molar-refractivity contribution in [3.8, 4) is 0 Å². The van der Waals surface area contributed by atoms with E-state index in [4.69, 9.17) is 23.2 Å². The maximum Gasteiger partial charge on any atom is 0.229 e. The van der Waals surface area contributed by atoms with Crippen LogP contribution >= 0.6 is 23.2 Å². The van der Waals surface area contributed by atoms with E-state index >= 15 is 0 Å². The molecule has 0 saturated carbocycles. The SMILES string of the molecule is CCN(C)c1nc(Nc2ccc(C3CCNCC3)c(C)c2)ncc1C(C)=O.Cc1c(Cl)cccc1Cl. The van der Waals surface area contributed by atoms with Crippen molar-refractivity contribution in [2.24, 2.45) is 0 Å². The second-order valence-electron chi connectivity index (χ2n) is 9.07. The van der Waals surface area contributed by atoms with Crippen LogP contribution in [0.15, 0.2) is 42.6 Å². The van der Waals surface area contributed by atoms with Crippen molar-refractivity contribution < 1.29 is 4.79 Å². The van der Waals surface area contributed by atoms with Gasteiger partial charge in [-0.25, -0.2) is 4.98 Å². The summed E-state index contributed by atoms with van der Waals surface area (Å²) >= 11 is 11.5. The molecule has 4 rings (SSSR count). The number of hydrogen-bond donors (Lipinski definition) is 2. The molecule has 1 aliphatic rings. The average molecular weight is 529 g/mol. The number of nitrogens with one attached hydrogen (secondary N) is 2. The molecule has 0 bridgehead atoms. The molecule has 8 heteroatoms. The Balaban J connectivity index is 0.000000338. The van der Waals surface area contributed by atoms with Gasteiger partial charge in [-0.3, -0.25) is 4.79 Å². The summed E-state index contributed by atoms with van der Waals surface area (Å²) in [4.78, 5) is 22.7. The fourth-order valence-corrected chi connectivity index (χ4v) is 4.57. The lowest BCUT2D eigenvalue weighted by Gasteiger charge is -2.25. The fraction of sp³-hybridized carbons (Fsp3) is 0.393. The molecule has 0 amide bonds. The van der Waals surface area contributed by atoms with Gasteiger partial charge in [-0.15, -0.1) is 0 Å². The van der Waals surface area contributed by atoms with Crippen LogP contribution in [-0.2, 0) is 0 Å². The molecule has 36 heavy (non-hydrogen) atoms. The van der Waals surface area contributed by atoms with Gasteiger partial charge in [-0.1, -0.05) is 35.3 Å². The number of ketones is 1. The summed E-state index contributed by atoms with van der Waals surface area (Å²) in [5.74, 6) is 1.77. The van der Waals surface area contributed by atoms with Gasteiger partial charge in [-0.05, 0) is 100 Å². The minimum atomic E-state index is -0.0287. The second-order valence-corrected chi connectivity index (χ2v) is 9.88. The normalized spacial score (nSPS) is 13.5. The zero-order valence-electron chi connectivity index (χ0n) is 21.7. The number of halogens is 2. The number of benzene rings is 2. The summed E-state index contributed by atoms with van der Waals surface area (Å²) in [6.45, 7) is 10.6. The third-order valence-electron chi connectivity index (χ3n) is 6.49. The number of hydrogen-bond acceptors (Lipinski definition) is 6. The molecule has 0 unspecified atom stereocenters. The minimum absolute atomic E-state index is 0.0287. The number of carbonyl (C=O) groups is 1. The highest BCUT2D eigenvalue weighted by Crippen LogP contribution is 2.30. The molecule has 0 spiro atoms. The van der Waals surface area contributed by atoms with Crippen LogP contribution in [0.25, 0.3) is 0 Å². The van der Waals surface area contributed by atoms with E-state index in [-0.39, 0.29) is 5.78 Å². The van der Waals surface area contributed by atoms with Crippen molar-refractivity contribution >= 4 is 46.4 Å². The Hall–Kier alpha value is -2.67. The second kappa shape index (κ2) is 13.0. The van der Waals surface area contributed by atoms with E-state index in [1.54, 1.807) is 13.1 Å². The molecule has 1 aromatic heterocycles. The molecular weight excluding hydrogens is 493 g/mol. The van der Waals surface area contributed by atoms with Crippen molar-refractivity contribution in [2.75, 3.05) is 36.9 Å². The summed E-state index contributed by atoms with van der Waals surface area (Å²) in [5, 5.41) is 8.16. The molecule has 0 aliphatic carbocycles. The van der Waals surface area contributed by atoms with E-state index in [1.165, 1.54) is 24.0 Å². The summed E-state index contributed by atoms with van der Waals surface area (Å²) < 4.78 is 0. The Morgan fingerprint density at radius 3 is 2.36 bits per heavy atom. The lowest BCUT2D eigenvalue weighted by Crippen LogP contribution is -2.26. The fourth-order valence-electron chi connectivity index (χ4n) is 4.18. The zero-order chi connectivity index (χ0) is 26.2. The predicted molar refractivity (Wildman–Crippen MR) is 151 cm³/mol. The van der Waals surface area contributed by atoms with Crippen molar-refractivity contribution in [1.82, 2.24) is 15.3 Å². The summed E-state index contributed by atoms with van der Waals surface area (Å²) in [7, 11) is 1.93. The number of Topliss-reactive ketones (excluding diaryl/α,β-unsaturated/α-hetero) is 1. The zero-order valence-corrected chi connectivity index (χ0v) is 23.2. The highest BCUT2D eigenvalue weighted by Gasteiger charge is 2.18. The molecule has 192 valence electrons. The van der Waals surface area contributed by atoms with Gasteiger partial charge < -0.3 is 15.5 Å². The third kappa shape index (κ3) is 7.19. The molecule has 2 N–H and O–H groups in total. The number of aryl methyl sites for hydroxylation is 1. The van der Waals surface area contributed by atoms with Gasteiger partial charge in [0.1, 0.15) is 5.82 Å². The van der Waals surface area contributed by atoms with Crippen molar-refractivity contribution in [1.29, 1.82) is 0 Å². The minimum Gasteiger partial charge on any atom is -0.359 e. The van der Waals surface area contributed by atoms with Crippen molar-refractivity contribution in [3.63, 3.8) is 0 Å². The highest BCUT2D eigenvalue weighted by atomic mass is 35.5. The first-order valence-corrected chi connectivity index (χ1v) is 13.0. The van der Waals surface area contributed by atoms with Crippen LogP contribution in [0.3, 0.4) is 0 Å². The number of aromatic nitrogens is 2.